The van der Waals surface area contributed by atoms with E-state index >= 15 is 0 Å². The quantitative estimate of drug-likeness (QED) is 0.869. The van der Waals surface area contributed by atoms with Crippen LogP contribution in [0.5, 0.6) is 0 Å². The predicted molar refractivity (Wildman–Crippen MR) is 86.1 cm³/mol. The van der Waals surface area contributed by atoms with Crippen molar-refractivity contribution in [1.29, 1.82) is 0 Å². The van der Waals surface area contributed by atoms with Crippen LogP contribution in [0.25, 0.3) is 6.08 Å². The standard InChI is InChI=1S/C16H22N2O.ClH/c1-13-5-3-4-6-14(13)7-8-16(19)18(2)15-9-11-17-12-10-15;/h3-8,15,17H,9-12H2,1-2H3;1H/b8-7+;. The van der Waals surface area contributed by atoms with E-state index in [0.29, 0.717) is 6.04 Å². The lowest BCUT2D eigenvalue weighted by molar-refractivity contribution is -0.127. The summed E-state index contributed by atoms with van der Waals surface area (Å²) in [4.78, 5) is 14.0. The van der Waals surface area contributed by atoms with Crippen LogP contribution < -0.4 is 5.32 Å². The van der Waals surface area contributed by atoms with Gasteiger partial charge in [0.25, 0.3) is 0 Å². The van der Waals surface area contributed by atoms with Crippen LogP contribution in [0.1, 0.15) is 24.0 Å². The van der Waals surface area contributed by atoms with Gasteiger partial charge in [-0.1, -0.05) is 24.3 Å². The largest absolute Gasteiger partial charge is 0.339 e. The van der Waals surface area contributed by atoms with Gasteiger partial charge in [0.05, 0.1) is 0 Å². The third-order valence-electron chi connectivity index (χ3n) is 3.80. The minimum Gasteiger partial charge on any atom is -0.339 e. The second-order valence-electron chi connectivity index (χ2n) is 5.12. The fourth-order valence-electron chi connectivity index (χ4n) is 2.43. The first-order chi connectivity index (χ1) is 9.18. The number of nitrogens with zero attached hydrogens (tertiary/aromatic N) is 1. The van der Waals surface area contributed by atoms with Crippen LogP contribution in [-0.2, 0) is 4.79 Å². The SMILES string of the molecule is Cc1ccccc1/C=C/C(=O)N(C)C1CCNCC1.Cl. The van der Waals surface area contributed by atoms with Gasteiger partial charge in [0.15, 0.2) is 0 Å². The molecule has 0 aliphatic carbocycles. The van der Waals surface area contributed by atoms with Gasteiger partial charge < -0.3 is 10.2 Å². The Kier molecular flexibility index (Phi) is 6.76. The predicted octanol–water partition coefficient (Wildman–Crippen LogP) is 2.64. The van der Waals surface area contributed by atoms with E-state index in [4.69, 9.17) is 0 Å². The van der Waals surface area contributed by atoms with Gasteiger partial charge in [-0.15, -0.1) is 12.4 Å². The molecule has 20 heavy (non-hydrogen) atoms. The maximum atomic E-state index is 12.1. The van der Waals surface area contributed by atoms with Gasteiger partial charge >= 0.3 is 0 Å². The molecule has 1 heterocycles. The van der Waals surface area contributed by atoms with Crippen molar-refractivity contribution >= 4 is 24.4 Å². The maximum absolute atomic E-state index is 12.1. The van der Waals surface area contributed by atoms with Crippen LogP contribution in [0.3, 0.4) is 0 Å². The molecule has 1 aliphatic heterocycles. The summed E-state index contributed by atoms with van der Waals surface area (Å²) in [5.41, 5.74) is 2.30. The third kappa shape index (κ3) is 4.36. The lowest BCUT2D eigenvalue weighted by atomic mass is 10.0. The van der Waals surface area contributed by atoms with E-state index in [0.717, 1.165) is 31.5 Å². The Bertz CT molecular complexity index is 467. The van der Waals surface area contributed by atoms with Crippen molar-refractivity contribution in [3.05, 3.63) is 41.5 Å². The average Bonchev–Trinajstić information content (AvgIpc) is 2.46. The summed E-state index contributed by atoms with van der Waals surface area (Å²) in [6, 6.07) is 8.46. The molecule has 4 heteroatoms. The number of hydrogen-bond acceptors (Lipinski definition) is 2. The van der Waals surface area contributed by atoms with Crippen molar-refractivity contribution in [2.45, 2.75) is 25.8 Å². The van der Waals surface area contributed by atoms with Gasteiger partial charge in [0, 0.05) is 19.2 Å². The molecule has 1 fully saturated rings. The molecular formula is C16H23ClN2O. The Balaban J connectivity index is 0.00000200. The molecule has 1 aromatic rings. The zero-order chi connectivity index (χ0) is 13.7. The molecule has 0 saturated carbocycles. The number of likely N-dealkylation sites (N-methyl/N-ethyl adjacent to an activating group) is 1. The van der Waals surface area contributed by atoms with E-state index in [-0.39, 0.29) is 18.3 Å². The first-order valence-electron chi connectivity index (χ1n) is 6.89. The third-order valence-corrected chi connectivity index (χ3v) is 3.80. The number of carbonyl (C=O) groups is 1. The van der Waals surface area contributed by atoms with E-state index in [1.165, 1.54) is 5.56 Å². The van der Waals surface area contributed by atoms with E-state index < -0.39 is 0 Å². The zero-order valence-electron chi connectivity index (χ0n) is 12.1. The highest BCUT2D eigenvalue weighted by atomic mass is 35.5. The molecule has 1 saturated heterocycles. The number of nitrogens with one attached hydrogen (secondary N) is 1. The maximum Gasteiger partial charge on any atom is 0.246 e. The Hall–Kier alpha value is -1.32. The van der Waals surface area contributed by atoms with E-state index in [9.17, 15) is 4.79 Å². The molecule has 0 aromatic heterocycles. The van der Waals surface area contributed by atoms with Gasteiger partial charge in [0.2, 0.25) is 5.91 Å². The Morgan fingerprint density at radius 2 is 1.95 bits per heavy atom. The van der Waals surface area contributed by atoms with Crippen molar-refractivity contribution in [2.75, 3.05) is 20.1 Å². The fourth-order valence-corrected chi connectivity index (χ4v) is 2.43. The molecule has 1 N–H and O–H groups in total. The molecule has 1 aromatic carbocycles. The summed E-state index contributed by atoms with van der Waals surface area (Å²) >= 11 is 0. The number of benzene rings is 1. The van der Waals surface area contributed by atoms with Crippen LogP contribution in [0.4, 0.5) is 0 Å². The second kappa shape index (κ2) is 8.08. The van der Waals surface area contributed by atoms with E-state index in [1.54, 1.807) is 6.08 Å². The molecule has 1 aliphatic rings. The molecule has 0 unspecified atom stereocenters. The highest BCUT2D eigenvalue weighted by Gasteiger charge is 2.20. The number of piperidine rings is 1. The van der Waals surface area contributed by atoms with Crippen LogP contribution in [-0.4, -0.2) is 37.0 Å². The molecular weight excluding hydrogens is 272 g/mol. The monoisotopic (exact) mass is 294 g/mol. The minimum absolute atomic E-state index is 0. The summed E-state index contributed by atoms with van der Waals surface area (Å²) < 4.78 is 0. The lowest BCUT2D eigenvalue weighted by Gasteiger charge is -2.30. The topological polar surface area (TPSA) is 32.3 Å². The van der Waals surface area contributed by atoms with Crippen LogP contribution in [0, 0.1) is 6.92 Å². The van der Waals surface area contributed by atoms with Crippen molar-refractivity contribution in [3.8, 4) is 0 Å². The van der Waals surface area contributed by atoms with Gasteiger partial charge in [-0.3, -0.25) is 4.79 Å². The highest BCUT2D eigenvalue weighted by Crippen LogP contribution is 2.12. The number of halogens is 1. The van der Waals surface area contributed by atoms with E-state index in [2.05, 4.69) is 18.3 Å². The van der Waals surface area contributed by atoms with Crippen LogP contribution in [0.15, 0.2) is 30.3 Å². The first-order valence-corrected chi connectivity index (χ1v) is 6.89. The molecule has 2 rings (SSSR count). The van der Waals surface area contributed by atoms with Crippen molar-refractivity contribution in [3.63, 3.8) is 0 Å². The van der Waals surface area contributed by atoms with Gasteiger partial charge in [-0.25, -0.2) is 0 Å². The summed E-state index contributed by atoms with van der Waals surface area (Å²) in [5, 5.41) is 3.32. The number of hydrogen-bond donors (Lipinski definition) is 1. The van der Waals surface area contributed by atoms with Crippen molar-refractivity contribution < 1.29 is 4.79 Å². The second-order valence-corrected chi connectivity index (χ2v) is 5.12. The Morgan fingerprint density at radius 1 is 1.30 bits per heavy atom. The van der Waals surface area contributed by atoms with Crippen LogP contribution >= 0.6 is 12.4 Å². The minimum atomic E-state index is 0. The Morgan fingerprint density at radius 3 is 2.60 bits per heavy atom. The summed E-state index contributed by atoms with van der Waals surface area (Å²) in [7, 11) is 1.90. The molecule has 0 spiro atoms. The van der Waals surface area contributed by atoms with Crippen molar-refractivity contribution in [2.24, 2.45) is 0 Å². The van der Waals surface area contributed by atoms with Gasteiger partial charge in [0.1, 0.15) is 0 Å². The average molecular weight is 295 g/mol. The summed E-state index contributed by atoms with van der Waals surface area (Å²) in [6.45, 7) is 4.06. The zero-order valence-corrected chi connectivity index (χ0v) is 13.0. The molecule has 0 atom stereocenters. The lowest BCUT2D eigenvalue weighted by Crippen LogP contribution is -2.43. The number of aryl methyl sites for hydroxylation is 1. The molecule has 3 nitrogen and oxygen atoms in total. The number of carbonyl (C=O) groups excluding carboxylic acids is 1. The molecule has 0 bridgehead atoms. The smallest absolute Gasteiger partial charge is 0.246 e. The summed E-state index contributed by atoms with van der Waals surface area (Å²) in [6.07, 6.45) is 5.68. The molecule has 1 amide bonds. The molecule has 0 radical (unpaired) electrons. The highest BCUT2D eigenvalue weighted by molar-refractivity contribution is 5.92. The Labute approximate surface area is 127 Å². The number of rotatable bonds is 3. The fraction of sp³-hybridized carbons (Fsp3) is 0.438. The van der Waals surface area contributed by atoms with Gasteiger partial charge in [-0.05, 0) is 50.1 Å². The van der Waals surface area contributed by atoms with Gasteiger partial charge in [-0.2, -0.15) is 0 Å². The normalized spacial score (nSPS) is 15.9. The summed E-state index contributed by atoms with van der Waals surface area (Å²) in [5.74, 6) is 0.0927. The number of amides is 1. The first kappa shape index (κ1) is 16.7. The molecule has 110 valence electrons. The van der Waals surface area contributed by atoms with Crippen LogP contribution in [0.2, 0.25) is 0 Å². The van der Waals surface area contributed by atoms with Crippen molar-refractivity contribution in [1.82, 2.24) is 10.2 Å². The van der Waals surface area contributed by atoms with E-state index in [1.807, 2.05) is 36.2 Å².